The summed E-state index contributed by atoms with van der Waals surface area (Å²) in [5.41, 5.74) is 0. The Kier molecular flexibility index (Phi) is 5.36. The van der Waals surface area contributed by atoms with Gasteiger partial charge in [-0.1, -0.05) is 11.6 Å². The van der Waals surface area contributed by atoms with E-state index in [9.17, 15) is 0 Å². The number of methoxy groups -OCH3 is 1. The lowest BCUT2D eigenvalue weighted by Crippen LogP contribution is -2.35. The van der Waals surface area contributed by atoms with E-state index >= 15 is 0 Å². The van der Waals surface area contributed by atoms with Crippen molar-refractivity contribution in [3.8, 4) is 0 Å². The molecule has 1 aliphatic rings. The molecule has 0 radical (unpaired) electrons. The van der Waals surface area contributed by atoms with Crippen LogP contribution < -0.4 is 5.32 Å². The molecule has 1 N–H and O–H groups in total. The number of ether oxygens (including phenoxy) is 1. The minimum absolute atomic E-state index is 0.372. The first-order valence-corrected chi connectivity index (χ1v) is 7.07. The molecule has 0 aromatic carbocycles. The molecule has 0 spiro atoms. The minimum atomic E-state index is 0.372. The Bertz CT molecular complexity index is 410. The first kappa shape index (κ1) is 14.5. The van der Waals surface area contributed by atoms with Crippen molar-refractivity contribution in [2.45, 2.75) is 32.4 Å². The first-order valence-electron chi connectivity index (χ1n) is 6.69. The van der Waals surface area contributed by atoms with Crippen molar-refractivity contribution in [1.29, 1.82) is 0 Å². The molecule has 1 aliphatic heterocycles. The van der Waals surface area contributed by atoms with Crippen molar-refractivity contribution in [3.05, 3.63) is 17.0 Å². The fraction of sp³-hybridized carbons (Fsp3) is 0.692. The van der Waals surface area contributed by atoms with E-state index in [4.69, 9.17) is 16.3 Å². The van der Waals surface area contributed by atoms with Gasteiger partial charge in [0.05, 0.1) is 0 Å². The van der Waals surface area contributed by atoms with Crippen LogP contribution in [0.15, 0.2) is 6.07 Å². The van der Waals surface area contributed by atoms with Crippen molar-refractivity contribution in [2.24, 2.45) is 0 Å². The third-order valence-electron chi connectivity index (χ3n) is 3.36. The second-order valence-electron chi connectivity index (χ2n) is 4.90. The molecule has 1 aromatic rings. The Morgan fingerprint density at radius 1 is 1.42 bits per heavy atom. The number of likely N-dealkylation sites (tertiary alicyclic amines) is 1. The zero-order valence-corrected chi connectivity index (χ0v) is 12.3. The quantitative estimate of drug-likeness (QED) is 0.812. The average molecular weight is 285 g/mol. The molecule has 1 saturated heterocycles. The third-order valence-corrected chi connectivity index (χ3v) is 3.55. The molecule has 2 rings (SSSR count). The van der Waals surface area contributed by atoms with Gasteiger partial charge in [0.2, 0.25) is 0 Å². The van der Waals surface area contributed by atoms with Gasteiger partial charge in [0, 0.05) is 25.8 Å². The number of anilines is 1. The Morgan fingerprint density at radius 2 is 2.16 bits per heavy atom. The zero-order chi connectivity index (χ0) is 13.7. The van der Waals surface area contributed by atoms with Gasteiger partial charge in [0.15, 0.2) is 5.82 Å². The summed E-state index contributed by atoms with van der Waals surface area (Å²) < 4.78 is 5.03. The third kappa shape index (κ3) is 4.30. The summed E-state index contributed by atoms with van der Waals surface area (Å²) in [6.45, 7) is 5.86. The number of rotatable bonds is 6. The van der Waals surface area contributed by atoms with Crippen molar-refractivity contribution in [3.63, 3.8) is 0 Å². The normalized spacial score (nSPS) is 17.6. The van der Waals surface area contributed by atoms with Crippen LogP contribution in [0.1, 0.15) is 25.6 Å². The predicted molar refractivity (Wildman–Crippen MR) is 76.5 cm³/mol. The van der Waals surface area contributed by atoms with Crippen molar-refractivity contribution < 1.29 is 4.74 Å². The summed E-state index contributed by atoms with van der Waals surface area (Å²) in [7, 11) is 1.62. The molecule has 1 aromatic heterocycles. The van der Waals surface area contributed by atoms with Gasteiger partial charge in [-0.2, -0.15) is 0 Å². The van der Waals surface area contributed by atoms with E-state index in [0.29, 0.717) is 23.6 Å². The molecule has 0 aliphatic carbocycles. The van der Waals surface area contributed by atoms with E-state index in [1.165, 1.54) is 25.9 Å². The van der Waals surface area contributed by atoms with Crippen molar-refractivity contribution in [2.75, 3.05) is 32.1 Å². The number of nitrogens with zero attached hydrogens (tertiary/aromatic N) is 3. The monoisotopic (exact) mass is 284 g/mol. The summed E-state index contributed by atoms with van der Waals surface area (Å²) in [6.07, 6.45) is 2.61. The van der Waals surface area contributed by atoms with Crippen LogP contribution in [0.5, 0.6) is 0 Å². The van der Waals surface area contributed by atoms with Crippen LogP contribution in [0.25, 0.3) is 0 Å². The second kappa shape index (κ2) is 7.03. The highest BCUT2D eigenvalue weighted by atomic mass is 35.5. The molecule has 0 saturated carbocycles. The summed E-state index contributed by atoms with van der Waals surface area (Å²) in [6, 6.07) is 2.25. The van der Waals surface area contributed by atoms with Crippen LogP contribution in [-0.2, 0) is 11.3 Å². The van der Waals surface area contributed by atoms with E-state index < -0.39 is 0 Å². The highest BCUT2D eigenvalue weighted by molar-refractivity contribution is 6.29. The van der Waals surface area contributed by atoms with Gasteiger partial charge in [-0.25, -0.2) is 9.97 Å². The average Bonchev–Trinajstić information content (AvgIpc) is 2.89. The second-order valence-corrected chi connectivity index (χ2v) is 5.29. The topological polar surface area (TPSA) is 50.3 Å². The molecular weight excluding hydrogens is 264 g/mol. The molecule has 0 bridgehead atoms. The molecule has 106 valence electrons. The van der Waals surface area contributed by atoms with Crippen LogP contribution >= 0.6 is 11.6 Å². The van der Waals surface area contributed by atoms with Crippen LogP contribution in [0.3, 0.4) is 0 Å². The Morgan fingerprint density at radius 3 is 2.84 bits per heavy atom. The number of hydrogen-bond acceptors (Lipinski definition) is 5. The van der Waals surface area contributed by atoms with E-state index in [2.05, 4.69) is 27.1 Å². The van der Waals surface area contributed by atoms with Crippen LogP contribution in [0.2, 0.25) is 5.15 Å². The summed E-state index contributed by atoms with van der Waals surface area (Å²) in [4.78, 5) is 11.0. The first-order chi connectivity index (χ1) is 9.19. The van der Waals surface area contributed by atoms with Gasteiger partial charge in [0.1, 0.15) is 17.6 Å². The number of aromatic nitrogens is 2. The van der Waals surface area contributed by atoms with Gasteiger partial charge >= 0.3 is 0 Å². The maximum atomic E-state index is 5.97. The van der Waals surface area contributed by atoms with Crippen LogP contribution in [-0.4, -0.2) is 47.7 Å². The standard InChI is InChI=1S/C13H21ClN4O/c1-10(18-5-3-4-6-18)8-15-12-7-11(14)16-13(17-12)9-19-2/h7,10H,3-6,8-9H2,1-2H3,(H,15,16,17). The largest absolute Gasteiger partial charge is 0.377 e. The van der Waals surface area contributed by atoms with Gasteiger partial charge in [-0.05, 0) is 32.9 Å². The maximum Gasteiger partial charge on any atom is 0.158 e. The lowest BCUT2D eigenvalue weighted by atomic mass is 10.3. The highest BCUT2D eigenvalue weighted by Crippen LogP contribution is 2.14. The number of hydrogen-bond donors (Lipinski definition) is 1. The Hall–Kier alpha value is -0.910. The lowest BCUT2D eigenvalue weighted by Gasteiger charge is -2.24. The predicted octanol–water partition coefficient (Wildman–Crippen LogP) is 2.17. The smallest absolute Gasteiger partial charge is 0.158 e. The summed E-state index contributed by atoms with van der Waals surface area (Å²) in [5, 5.41) is 3.77. The SMILES string of the molecule is COCc1nc(Cl)cc(NCC(C)N2CCCC2)n1. The highest BCUT2D eigenvalue weighted by Gasteiger charge is 2.17. The molecule has 6 heteroatoms. The minimum Gasteiger partial charge on any atom is -0.377 e. The van der Waals surface area contributed by atoms with Gasteiger partial charge in [-0.15, -0.1) is 0 Å². The molecule has 0 amide bonds. The molecule has 19 heavy (non-hydrogen) atoms. The molecule has 5 nitrogen and oxygen atoms in total. The zero-order valence-electron chi connectivity index (χ0n) is 11.5. The number of nitrogens with one attached hydrogen (secondary N) is 1. The van der Waals surface area contributed by atoms with Gasteiger partial charge in [0.25, 0.3) is 0 Å². The molecule has 1 atom stereocenters. The molecule has 1 fully saturated rings. The van der Waals surface area contributed by atoms with Crippen molar-refractivity contribution in [1.82, 2.24) is 14.9 Å². The van der Waals surface area contributed by atoms with E-state index in [1.807, 2.05) is 0 Å². The van der Waals surface area contributed by atoms with E-state index in [0.717, 1.165) is 12.4 Å². The van der Waals surface area contributed by atoms with E-state index in [-0.39, 0.29) is 0 Å². The lowest BCUT2D eigenvalue weighted by molar-refractivity contribution is 0.178. The summed E-state index contributed by atoms with van der Waals surface area (Å²) >= 11 is 5.97. The fourth-order valence-electron chi connectivity index (χ4n) is 2.31. The number of halogens is 1. The summed E-state index contributed by atoms with van der Waals surface area (Å²) in [5.74, 6) is 1.37. The van der Waals surface area contributed by atoms with Gasteiger partial charge in [-0.3, -0.25) is 4.90 Å². The van der Waals surface area contributed by atoms with E-state index in [1.54, 1.807) is 13.2 Å². The maximum absolute atomic E-state index is 5.97. The van der Waals surface area contributed by atoms with Crippen molar-refractivity contribution >= 4 is 17.4 Å². The molecular formula is C13H21ClN4O. The fourth-order valence-corrected chi connectivity index (χ4v) is 2.51. The van der Waals surface area contributed by atoms with Crippen LogP contribution in [0, 0.1) is 0 Å². The Labute approximate surface area is 119 Å². The molecule has 1 unspecified atom stereocenters. The van der Waals surface area contributed by atoms with Crippen LogP contribution in [0.4, 0.5) is 5.82 Å². The molecule has 2 heterocycles. The van der Waals surface area contributed by atoms with Gasteiger partial charge < -0.3 is 10.1 Å². The Balaban J connectivity index is 1.90.